The molecule has 0 radical (unpaired) electrons. The molecular weight excluding hydrogens is 369 g/mol. The van der Waals surface area contributed by atoms with Crippen LogP contribution in [0.5, 0.6) is 0 Å². The second kappa shape index (κ2) is 10.0. The number of hydrogen-bond acceptors (Lipinski definition) is 3. The van der Waals surface area contributed by atoms with Gasteiger partial charge in [-0.25, -0.2) is 4.39 Å². The number of nitrogens with zero attached hydrogens (tertiary/aromatic N) is 2. The van der Waals surface area contributed by atoms with E-state index in [2.05, 4.69) is 12.2 Å². The minimum absolute atomic E-state index is 0. The smallest absolute Gasteiger partial charge is 0.254 e. The lowest BCUT2D eigenvalue weighted by Crippen LogP contribution is -2.51. The van der Waals surface area contributed by atoms with Gasteiger partial charge < -0.3 is 15.1 Å². The molecular formula is C20H29ClFN3O2. The highest BCUT2D eigenvalue weighted by molar-refractivity contribution is 5.94. The molecule has 0 spiro atoms. The Labute approximate surface area is 166 Å². The van der Waals surface area contributed by atoms with Crippen LogP contribution in [0.1, 0.15) is 36.5 Å². The third-order valence-corrected chi connectivity index (χ3v) is 5.63. The summed E-state index contributed by atoms with van der Waals surface area (Å²) in [5, 5.41) is 3.41. The van der Waals surface area contributed by atoms with Gasteiger partial charge in [0, 0.05) is 38.2 Å². The maximum Gasteiger partial charge on any atom is 0.254 e. The van der Waals surface area contributed by atoms with Crippen LogP contribution in [0.25, 0.3) is 0 Å². The summed E-state index contributed by atoms with van der Waals surface area (Å²) < 4.78 is 13.3. The van der Waals surface area contributed by atoms with Crippen molar-refractivity contribution in [3.63, 3.8) is 0 Å². The summed E-state index contributed by atoms with van der Waals surface area (Å²) in [6.07, 6.45) is 2.95. The fraction of sp³-hybridized carbons (Fsp3) is 0.600. The van der Waals surface area contributed by atoms with Gasteiger partial charge in [-0.15, -0.1) is 12.4 Å². The number of carbonyl (C=O) groups is 2. The highest BCUT2D eigenvalue weighted by atomic mass is 35.5. The summed E-state index contributed by atoms with van der Waals surface area (Å²) in [4.78, 5) is 28.6. The second-order valence-corrected chi connectivity index (χ2v) is 7.47. The maximum absolute atomic E-state index is 13.3. The summed E-state index contributed by atoms with van der Waals surface area (Å²) in [6, 6.07) is 5.77. The molecule has 27 heavy (non-hydrogen) atoms. The molecule has 1 N–H and O–H groups in total. The van der Waals surface area contributed by atoms with E-state index in [-0.39, 0.29) is 24.2 Å². The van der Waals surface area contributed by atoms with Crippen molar-refractivity contribution >= 4 is 24.2 Å². The number of piperidine rings is 1. The normalized spacial score (nSPS) is 21.3. The third kappa shape index (κ3) is 5.66. The average Bonchev–Trinajstić information content (AvgIpc) is 2.68. The van der Waals surface area contributed by atoms with E-state index in [1.165, 1.54) is 25.0 Å². The molecule has 3 rings (SSSR count). The van der Waals surface area contributed by atoms with Gasteiger partial charge in [0.2, 0.25) is 5.91 Å². The van der Waals surface area contributed by atoms with E-state index in [9.17, 15) is 14.0 Å². The van der Waals surface area contributed by atoms with Gasteiger partial charge in [0.1, 0.15) is 5.82 Å². The van der Waals surface area contributed by atoms with Gasteiger partial charge in [0.15, 0.2) is 0 Å². The van der Waals surface area contributed by atoms with Crippen molar-refractivity contribution in [2.24, 2.45) is 11.8 Å². The Kier molecular flexibility index (Phi) is 8.05. The number of amides is 2. The Morgan fingerprint density at radius 1 is 1.22 bits per heavy atom. The van der Waals surface area contributed by atoms with Gasteiger partial charge in [-0.05, 0) is 56.0 Å². The SMILES string of the molecule is CC(CC(=O)N1CCN(C(=O)c2cccc(F)c2)CC1)C1CCCNC1.Cl. The number of piperazine rings is 1. The number of rotatable bonds is 4. The topological polar surface area (TPSA) is 52.7 Å². The number of halogens is 2. The Hall–Kier alpha value is -1.66. The van der Waals surface area contributed by atoms with Gasteiger partial charge in [-0.2, -0.15) is 0 Å². The van der Waals surface area contributed by atoms with Crippen molar-refractivity contribution in [2.45, 2.75) is 26.2 Å². The van der Waals surface area contributed by atoms with Crippen LogP contribution in [0.15, 0.2) is 24.3 Å². The first-order valence-corrected chi connectivity index (χ1v) is 9.58. The fourth-order valence-electron chi connectivity index (χ4n) is 3.90. The van der Waals surface area contributed by atoms with Crippen LogP contribution in [0.4, 0.5) is 4.39 Å². The molecule has 2 atom stereocenters. The Bertz CT molecular complexity index is 644. The van der Waals surface area contributed by atoms with Crippen molar-refractivity contribution in [1.29, 1.82) is 0 Å². The number of nitrogens with one attached hydrogen (secondary N) is 1. The highest BCUT2D eigenvalue weighted by Gasteiger charge is 2.28. The Morgan fingerprint density at radius 2 is 1.93 bits per heavy atom. The minimum Gasteiger partial charge on any atom is -0.339 e. The van der Waals surface area contributed by atoms with Crippen LogP contribution in [-0.4, -0.2) is 60.9 Å². The number of hydrogen-bond donors (Lipinski definition) is 1. The monoisotopic (exact) mass is 397 g/mol. The average molecular weight is 398 g/mol. The molecule has 1 aromatic rings. The lowest BCUT2D eigenvalue weighted by molar-refractivity contribution is -0.134. The van der Waals surface area contributed by atoms with Gasteiger partial charge in [-0.1, -0.05) is 13.0 Å². The predicted octanol–water partition coefficient (Wildman–Crippen LogP) is 2.56. The first-order chi connectivity index (χ1) is 12.5. The molecule has 0 aromatic heterocycles. The van der Waals surface area contributed by atoms with Crippen LogP contribution in [-0.2, 0) is 4.79 Å². The Balaban J connectivity index is 0.00000261. The summed E-state index contributed by atoms with van der Waals surface area (Å²) in [7, 11) is 0. The lowest BCUT2D eigenvalue weighted by atomic mass is 9.85. The number of benzene rings is 1. The predicted molar refractivity (Wildman–Crippen MR) is 106 cm³/mol. The molecule has 150 valence electrons. The van der Waals surface area contributed by atoms with E-state index < -0.39 is 5.82 Å². The first kappa shape index (κ1) is 21.6. The molecule has 2 amide bonds. The third-order valence-electron chi connectivity index (χ3n) is 5.63. The maximum atomic E-state index is 13.3. The lowest BCUT2D eigenvalue weighted by Gasteiger charge is -2.36. The molecule has 2 heterocycles. The largest absolute Gasteiger partial charge is 0.339 e. The second-order valence-electron chi connectivity index (χ2n) is 7.47. The first-order valence-electron chi connectivity index (χ1n) is 9.58. The van der Waals surface area contributed by atoms with E-state index in [4.69, 9.17) is 0 Å². The zero-order valence-corrected chi connectivity index (χ0v) is 16.6. The van der Waals surface area contributed by atoms with E-state index in [0.717, 1.165) is 13.1 Å². The van der Waals surface area contributed by atoms with Crippen LogP contribution >= 0.6 is 12.4 Å². The molecule has 2 unspecified atom stereocenters. The molecule has 0 aliphatic carbocycles. The van der Waals surface area contributed by atoms with Crippen LogP contribution < -0.4 is 5.32 Å². The van der Waals surface area contributed by atoms with Gasteiger partial charge >= 0.3 is 0 Å². The molecule has 2 aliphatic rings. The van der Waals surface area contributed by atoms with Crippen LogP contribution in [0.3, 0.4) is 0 Å². The van der Waals surface area contributed by atoms with Crippen LogP contribution in [0, 0.1) is 17.7 Å². The van der Waals surface area contributed by atoms with Gasteiger partial charge in [0.25, 0.3) is 5.91 Å². The standard InChI is InChI=1S/C20H28FN3O2.ClH/c1-15(17-5-3-7-22-14-17)12-19(25)23-8-10-24(11-9-23)20(26)16-4-2-6-18(21)13-16;/h2,4,6,13,15,17,22H,3,5,7-12,14H2,1H3;1H. The molecule has 7 heteroatoms. The molecule has 0 bridgehead atoms. The summed E-state index contributed by atoms with van der Waals surface area (Å²) in [6.45, 7) is 6.36. The summed E-state index contributed by atoms with van der Waals surface area (Å²) >= 11 is 0. The molecule has 5 nitrogen and oxygen atoms in total. The van der Waals surface area contributed by atoms with E-state index in [1.54, 1.807) is 17.0 Å². The molecule has 2 aliphatic heterocycles. The zero-order chi connectivity index (χ0) is 18.5. The van der Waals surface area contributed by atoms with E-state index in [0.29, 0.717) is 50.0 Å². The summed E-state index contributed by atoms with van der Waals surface area (Å²) in [5.74, 6) is 0.556. The van der Waals surface area contributed by atoms with Crippen molar-refractivity contribution in [3.8, 4) is 0 Å². The molecule has 2 fully saturated rings. The quantitative estimate of drug-likeness (QED) is 0.849. The Morgan fingerprint density at radius 3 is 2.56 bits per heavy atom. The molecule has 1 aromatic carbocycles. The van der Waals surface area contributed by atoms with Crippen molar-refractivity contribution in [2.75, 3.05) is 39.3 Å². The van der Waals surface area contributed by atoms with Gasteiger partial charge in [0.05, 0.1) is 0 Å². The molecule has 0 saturated carbocycles. The van der Waals surface area contributed by atoms with Crippen molar-refractivity contribution in [1.82, 2.24) is 15.1 Å². The number of carbonyl (C=O) groups excluding carboxylic acids is 2. The minimum atomic E-state index is -0.407. The highest BCUT2D eigenvalue weighted by Crippen LogP contribution is 2.23. The van der Waals surface area contributed by atoms with Crippen molar-refractivity contribution in [3.05, 3.63) is 35.6 Å². The molecule has 2 saturated heterocycles. The zero-order valence-electron chi connectivity index (χ0n) is 15.8. The van der Waals surface area contributed by atoms with Crippen molar-refractivity contribution < 1.29 is 14.0 Å². The summed E-state index contributed by atoms with van der Waals surface area (Å²) in [5.41, 5.74) is 0.364. The van der Waals surface area contributed by atoms with Crippen LogP contribution in [0.2, 0.25) is 0 Å². The van der Waals surface area contributed by atoms with Gasteiger partial charge in [-0.3, -0.25) is 9.59 Å². The fourth-order valence-corrected chi connectivity index (χ4v) is 3.90. The van der Waals surface area contributed by atoms with E-state index >= 15 is 0 Å². The van der Waals surface area contributed by atoms with E-state index in [1.807, 2.05) is 4.90 Å².